The first-order valence-electron chi connectivity index (χ1n) is 6.26. The van der Waals surface area contributed by atoms with E-state index >= 15 is 0 Å². The lowest BCUT2D eigenvalue weighted by atomic mass is 10.0. The summed E-state index contributed by atoms with van der Waals surface area (Å²) in [7, 11) is 1.64. The van der Waals surface area contributed by atoms with Gasteiger partial charge in [-0.25, -0.2) is 9.78 Å². The zero-order valence-electron chi connectivity index (χ0n) is 11.9. The Labute approximate surface area is 121 Å². The molecule has 2 rings (SSSR count). The van der Waals surface area contributed by atoms with E-state index in [1.807, 2.05) is 0 Å². The van der Waals surface area contributed by atoms with Crippen LogP contribution in [0.3, 0.4) is 0 Å². The molecule has 21 heavy (non-hydrogen) atoms. The highest BCUT2D eigenvalue weighted by Gasteiger charge is 2.33. The summed E-state index contributed by atoms with van der Waals surface area (Å²) in [6.45, 7) is 3.14. The Balaban J connectivity index is 2.69. The second kappa shape index (κ2) is 5.01. The second-order valence-electron chi connectivity index (χ2n) is 5.18. The first-order valence-corrected chi connectivity index (χ1v) is 6.26. The maximum atomic E-state index is 11.4. The highest BCUT2D eigenvalue weighted by Crippen LogP contribution is 2.33. The fourth-order valence-corrected chi connectivity index (χ4v) is 2.03. The molecule has 0 amide bonds. The number of pyridine rings is 1. The van der Waals surface area contributed by atoms with Gasteiger partial charge in [0, 0.05) is 30.4 Å². The van der Waals surface area contributed by atoms with Gasteiger partial charge < -0.3 is 10.0 Å². The van der Waals surface area contributed by atoms with E-state index in [9.17, 15) is 20.0 Å². The van der Waals surface area contributed by atoms with E-state index in [0.29, 0.717) is 11.1 Å². The number of aliphatic carboxylic acids is 1. The lowest BCUT2D eigenvalue weighted by Gasteiger charge is -2.34. The third-order valence-corrected chi connectivity index (χ3v) is 3.65. The van der Waals surface area contributed by atoms with Crippen LogP contribution in [0.25, 0.3) is 10.9 Å². The number of nitro groups is 1. The molecule has 0 saturated carbocycles. The number of hydrogen-bond acceptors (Lipinski definition) is 5. The molecule has 1 heterocycles. The fourth-order valence-electron chi connectivity index (χ4n) is 2.03. The molecule has 7 heteroatoms. The van der Waals surface area contributed by atoms with Gasteiger partial charge in [-0.05, 0) is 19.9 Å². The molecule has 1 N–H and O–H groups in total. The summed E-state index contributed by atoms with van der Waals surface area (Å²) >= 11 is 0. The summed E-state index contributed by atoms with van der Waals surface area (Å²) in [5.74, 6) is -0.986. The average Bonchev–Trinajstić information content (AvgIpc) is 2.44. The van der Waals surface area contributed by atoms with Crippen molar-refractivity contribution in [3.05, 3.63) is 40.6 Å². The molecule has 0 bridgehead atoms. The predicted octanol–water partition coefficient (Wildman–Crippen LogP) is 2.44. The van der Waals surface area contributed by atoms with E-state index in [2.05, 4.69) is 4.98 Å². The molecule has 0 radical (unpaired) electrons. The molecule has 0 aliphatic carbocycles. The monoisotopic (exact) mass is 289 g/mol. The Kier molecular flexibility index (Phi) is 3.51. The van der Waals surface area contributed by atoms with Crippen molar-refractivity contribution >= 4 is 28.2 Å². The number of hydrogen-bond donors (Lipinski definition) is 1. The molecule has 0 aliphatic heterocycles. The van der Waals surface area contributed by atoms with Crippen LogP contribution in [0.15, 0.2) is 30.5 Å². The molecule has 0 atom stereocenters. The SMILES string of the molecule is CN(c1ccnc2c([N+](=O)[O-])cccc12)C(C)(C)C(=O)O. The molecular formula is C14H15N3O4. The minimum atomic E-state index is -1.15. The smallest absolute Gasteiger partial charge is 0.328 e. The number of nitrogens with zero attached hydrogens (tertiary/aromatic N) is 3. The maximum absolute atomic E-state index is 11.4. The van der Waals surface area contributed by atoms with Crippen molar-refractivity contribution < 1.29 is 14.8 Å². The first kappa shape index (κ1) is 14.7. The van der Waals surface area contributed by atoms with Crippen LogP contribution in [0.5, 0.6) is 0 Å². The molecular weight excluding hydrogens is 274 g/mol. The second-order valence-corrected chi connectivity index (χ2v) is 5.18. The maximum Gasteiger partial charge on any atom is 0.328 e. The molecule has 7 nitrogen and oxygen atoms in total. The summed E-state index contributed by atoms with van der Waals surface area (Å²) in [5.41, 5.74) is -0.432. The molecule has 1 aromatic carbocycles. The van der Waals surface area contributed by atoms with Crippen molar-refractivity contribution in [2.75, 3.05) is 11.9 Å². The topological polar surface area (TPSA) is 96.6 Å². The zero-order valence-corrected chi connectivity index (χ0v) is 11.9. The lowest BCUT2D eigenvalue weighted by molar-refractivity contribution is -0.383. The van der Waals surface area contributed by atoms with Crippen LogP contribution < -0.4 is 4.90 Å². The van der Waals surface area contributed by atoms with E-state index in [-0.39, 0.29) is 11.2 Å². The standard InChI is InChI=1S/C14H15N3O4/c1-14(2,13(18)19)16(3)10-7-8-15-12-9(10)5-4-6-11(12)17(20)21/h4-8H,1-3H3,(H,18,19). The summed E-state index contributed by atoms with van der Waals surface area (Å²) in [5, 5.41) is 20.9. The average molecular weight is 289 g/mol. The van der Waals surface area contributed by atoms with E-state index in [4.69, 9.17) is 0 Å². The number of para-hydroxylation sites is 1. The quantitative estimate of drug-likeness (QED) is 0.686. The van der Waals surface area contributed by atoms with Crippen LogP contribution >= 0.6 is 0 Å². The predicted molar refractivity (Wildman–Crippen MR) is 78.5 cm³/mol. The number of benzene rings is 1. The van der Waals surface area contributed by atoms with Crippen molar-refractivity contribution in [3.8, 4) is 0 Å². The summed E-state index contributed by atoms with van der Waals surface area (Å²) in [6.07, 6.45) is 1.44. The number of nitro benzene ring substituents is 1. The van der Waals surface area contributed by atoms with Crippen LogP contribution in [0.2, 0.25) is 0 Å². The summed E-state index contributed by atoms with van der Waals surface area (Å²) in [4.78, 5) is 27.6. The van der Waals surface area contributed by atoms with Crippen molar-refractivity contribution in [1.82, 2.24) is 4.98 Å². The number of anilines is 1. The van der Waals surface area contributed by atoms with Crippen LogP contribution in [0.1, 0.15) is 13.8 Å². The van der Waals surface area contributed by atoms with Gasteiger partial charge in [-0.1, -0.05) is 12.1 Å². The minimum absolute atomic E-state index is 0.101. The number of carboxylic acids is 1. The van der Waals surface area contributed by atoms with Gasteiger partial charge in [0.1, 0.15) is 11.1 Å². The van der Waals surface area contributed by atoms with Gasteiger partial charge in [0.25, 0.3) is 5.69 Å². The normalized spacial score (nSPS) is 11.4. The largest absolute Gasteiger partial charge is 0.480 e. The Morgan fingerprint density at radius 1 is 1.38 bits per heavy atom. The molecule has 0 fully saturated rings. The number of likely N-dealkylation sites (N-methyl/N-ethyl adjacent to an activating group) is 1. The Bertz CT molecular complexity index is 727. The van der Waals surface area contributed by atoms with Crippen LogP contribution in [-0.2, 0) is 4.79 Å². The third kappa shape index (κ3) is 2.37. The van der Waals surface area contributed by atoms with Crippen LogP contribution in [0, 0.1) is 10.1 Å². The third-order valence-electron chi connectivity index (χ3n) is 3.65. The Hall–Kier alpha value is -2.70. The highest BCUT2D eigenvalue weighted by atomic mass is 16.6. The van der Waals surface area contributed by atoms with Crippen molar-refractivity contribution in [2.45, 2.75) is 19.4 Å². The highest BCUT2D eigenvalue weighted by molar-refractivity contribution is 5.98. The number of carbonyl (C=O) groups is 1. The number of non-ortho nitro benzene ring substituents is 1. The van der Waals surface area contributed by atoms with Gasteiger partial charge >= 0.3 is 5.97 Å². The number of rotatable bonds is 4. The summed E-state index contributed by atoms with van der Waals surface area (Å²) < 4.78 is 0. The van der Waals surface area contributed by atoms with Gasteiger partial charge in [0.15, 0.2) is 0 Å². The molecule has 0 aliphatic rings. The first-order chi connectivity index (χ1) is 9.76. The minimum Gasteiger partial charge on any atom is -0.480 e. The molecule has 0 spiro atoms. The molecule has 0 unspecified atom stereocenters. The Morgan fingerprint density at radius 2 is 2.05 bits per heavy atom. The van der Waals surface area contributed by atoms with Crippen LogP contribution in [-0.4, -0.2) is 33.6 Å². The number of aromatic nitrogens is 1. The van der Waals surface area contributed by atoms with Crippen molar-refractivity contribution in [1.29, 1.82) is 0 Å². The fraction of sp³-hybridized carbons (Fsp3) is 0.286. The van der Waals surface area contributed by atoms with Gasteiger partial charge in [-0.15, -0.1) is 0 Å². The zero-order chi connectivity index (χ0) is 15.8. The van der Waals surface area contributed by atoms with Gasteiger partial charge in [0.2, 0.25) is 0 Å². The van der Waals surface area contributed by atoms with E-state index in [1.165, 1.54) is 12.3 Å². The van der Waals surface area contributed by atoms with Gasteiger partial charge in [0.05, 0.1) is 4.92 Å². The van der Waals surface area contributed by atoms with Crippen LogP contribution in [0.4, 0.5) is 11.4 Å². The lowest BCUT2D eigenvalue weighted by Crippen LogP contribution is -2.48. The van der Waals surface area contributed by atoms with Crippen molar-refractivity contribution in [2.24, 2.45) is 0 Å². The van der Waals surface area contributed by atoms with E-state index in [1.54, 1.807) is 44.0 Å². The van der Waals surface area contributed by atoms with E-state index < -0.39 is 16.4 Å². The van der Waals surface area contributed by atoms with Gasteiger partial charge in [-0.2, -0.15) is 0 Å². The Morgan fingerprint density at radius 3 is 2.62 bits per heavy atom. The molecule has 1 aromatic heterocycles. The molecule has 110 valence electrons. The van der Waals surface area contributed by atoms with Gasteiger partial charge in [-0.3, -0.25) is 10.1 Å². The van der Waals surface area contributed by atoms with Crippen molar-refractivity contribution in [3.63, 3.8) is 0 Å². The van der Waals surface area contributed by atoms with E-state index in [0.717, 1.165) is 0 Å². The molecule has 0 saturated heterocycles. The molecule has 2 aromatic rings. The number of carboxylic acid groups (broad SMARTS) is 1. The number of fused-ring (bicyclic) bond motifs is 1. The summed E-state index contributed by atoms with van der Waals surface area (Å²) in [6, 6.07) is 6.28.